The van der Waals surface area contributed by atoms with Crippen LogP contribution in [-0.4, -0.2) is 18.6 Å². The van der Waals surface area contributed by atoms with Crippen LogP contribution in [0.5, 0.6) is 0 Å². The van der Waals surface area contributed by atoms with Crippen LogP contribution in [-0.2, 0) is 6.42 Å². The van der Waals surface area contributed by atoms with Crippen molar-refractivity contribution in [3.8, 4) is 11.1 Å². The number of rotatable bonds is 5. The molecule has 1 atom stereocenters. The fourth-order valence-electron chi connectivity index (χ4n) is 3.71. The number of nitrogens with one attached hydrogen (secondary N) is 2. The Morgan fingerprint density at radius 3 is 2.68 bits per heavy atom. The number of pyridine rings is 1. The molecule has 4 rings (SSSR count). The van der Waals surface area contributed by atoms with Gasteiger partial charge in [-0.2, -0.15) is 0 Å². The number of benzene rings is 2. The van der Waals surface area contributed by atoms with Gasteiger partial charge in [-0.15, -0.1) is 11.3 Å². The van der Waals surface area contributed by atoms with E-state index in [-0.39, 0.29) is 5.56 Å². The number of nitrogens with two attached hydrogens (primary N) is 1. The Balaban J connectivity index is 2.03. The standard InChI is InChI=1S/C22H22FN3OS/c1-12(23)16-11-17(24)18(14-5-3-13(4-6-14)7-9-25-2)19-15-8-10-28-21(15)22(27)26-20(16)19/h3-6,8,10-12,25H,7,9,24H2,1-2H3,(H,26,27). The number of fused-ring (bicyclic) bond motifs is 3. The molecule has 0 aliphatic heterocycles. The number of anilines is 1. The first-order valence-electron chi connectivity index (χ1n) is 9.24. The van der Waals surface area contributed by atoms with Gasteiger partial charge in [-0.1, -0.05) is 24.3 Å². The second kappa shape index (κ2) is 7.37. The summed E-state index contributed by atoms with van der Waals surface area (Å²) in [7, 11) is 1.93. The van der Waals surface area contributed by atoms with Gasteiger partial charge in [0.25, 0.3) is 5.56 Å². The van der Waals surface area contributed by atoms with Gasteiger partial charge >= 0.3 is 0 Å². The minimum absolute atomic E-state index is 0.197. The molecule has 2 aromatic carbocycles. The Hall–Kier alpha value is -2.70. The number of aromatic nitrogens is 1. The number of aromatic amines is 1. The summed E-state index contributed by atoms with van der Waals surface area (Å²) in [6, 6.07) is 11.8. The summed E-state index contributed by atoms with van der Waals surface area (Å²) in [4.78, 5) is 15.4. The highest BCUT2D eigenvalue weighted by Gasteiger charge is 2.20. The van der Waals surface area contributed by atoms with Crippen molar-refractivity contribution in [1.29, 1.82) is 0 Å². The van der Waals surface area contributed by atoms with Gasteiger partial charge in [-0.25, -0.2) is 4.39 Å². The number of thiophene rings is 1. The Morgan fingerprint density at radius 1 is 1.25 bits per heavy atom. The minimum Gasteiger partial charge on any atom is -0.398 e. The second-order valence-electron chi connectivity index (χ2n) is 6.96. The van der Waals surface area contributed by atoms with Crippen molar-refractivity contribution < 1.29 is 4.39 Å². The predicted molar refractivity (Wildman–Crippen MR) is 117 cm³/mol. The summed E-state index contributed by atoms with van der Waals surface area (Å²) < 4.78 is 15.0. The topological polar surface area (TPSA) is 70.9 Å². The minimum atomic E-state index is -1.24. The zero-order valence-corrected chi connectivity index (χ0v) is 16.6. The fourth-order valence-corrected chi connectivity index (χ4v) is 4.51. The van der Waals surface area contributed by atoms with Gasteiger partial charge in [0.1, 0.15) is 10.9 Å². The number of hydrogen-bond acceptors (Lipinski definition) is 4. The Bertz CT molecular complexity index is 1210. The number of nitrogen functional groups attached to an aromatic ring is 1. The van der Waals surface area contributed by atoms with Crippen molar-refractivity contribution in [2.75, 3.05) is 19.3 Å². The van der Waals surface area contributed by atoms with Crippen LogP contribution in [0.25, 0.3) is 32.1 Å². The normalized spacial score (nSPS) is 12.7. The van der Waals surface area contributed by atoms with E-state index in [9.17, 15) is 9.18 Å². The lowest BCUT2D eigenvalue weighted by Gasteiger charge is -2.16. The van der Waals surface area contributed by atoms with Crippen molar-refractivity contribution in [3.05, 3.63) is 63.3 Å². The van der Waals surface area contributed by atoms with Crippen molar-refractivity contribution in [3.63, 3.8) is 0 Å². The van der Waals surface area contributed by atoms with E-state index in [4.69, 9.17) is 5.73 Å². The summed E-state index contributed by atoms with van der Waals surface area (Å²) >= 11 is 1.38. The Morgan fingerprint density at radius 2 is 2.00 bits per heavy atom. The van der Waals surface area contributed by atoms with E-state index in [1.165, 1.54) is 23.8 Å². The predicted octanol–water partition coefficient (Wildman–Crippen LogP) is 4.78. The lowest BCUT2D eigenvalue weighted by Crippen LogP contribution is -2.10. The molecule has 4 N–H and O–H groups in total. The average Bonchev–Trinajstić information content (AvgIpc) is 3.17. The molecule has 0 radical (unpaired) electrons. The van der Waals surface area contributed by atoms with E-state index in [2.05, 4.69) is 22.4 Å². The summed E-state index contributed by atoms with van der Waals surface area (Å²) in [6.45, 7) is 2.37. The van der Waals surface area contributed by atoms with Gasteiger partial charge in [-0.3, -0.25) is 4.79 Å². The molecular formula is C22H22FN3OS. The summed E-state index contributed by atoms with van der Waals surface area (Å²) in [5, 5.41) is 6.64. The molecule has 0 spiro atoms. The first kappa shape index (κ1) is 18.7. The zero-order chi connectivity index (χ0) is 19.8. The van der Waals surface area contributed by atoms with Crippen molar-refractivity contribution in [2.45, 2.75) is 19.5 Å². The first-order chi connectivity index (χ1) is 13.5. The van der Waals surface area contributed by atoms with Gasteiger partial charge in [0.15, 0.2) is 0 Å². The quantitative estimate of drug-likeness (QED) is 0.426. The molecule has 0 saturated heterocycles. The molecule has 0 saturated carbocycles. The van der Waals surface area contributed by atoms with Crippen LogP contribution in [0, 0.1) is 0 Å². The Kier molecular flexibility index (Phi) is 4.91. The molecule has 0 bridgehead atoms. The third kappa shape index (κ3) is 3.08. The second-order valence-corrected chi connectivity index (χ2v) is 7.88. The maximum atomic E-state index is 14.3. The van der Waals surface area contributed by atoms with E-state index >= 15 is 0 Å². The monoisotopic (exact) mass is 395 g/mol. The molecule has 4 aromatic rings. The molecule has 0 amide bonds. The van der Waals surface area contributed by atoms with Crippen molar-refractivity contribution in [2.24, 2.45) is 0 Å². The maximum absolute atomic E-state index is 14.3. The molecule has 0 aliphatic carbocycles. The lowest BCUT2D eigenvalue weighted by molar-refractivity contribution is 0.376. The molecule has 0 aliphatic rings. The van der Waals surface area contributed by atoms with Crippen LogP contribution >= 0.6 is 11.3 Å². The highest BCUT2D eigenvalue weighted by molar-refractivity contribution is 7.17. The molecule has 6 heteroatoms. The largest absolute Gasteiger partial charge is 0.398 e. The van der Waals surface area contributed by atoms with Crippen LogP contribution in [0.1, 0.15) is 24.2 Å². The van der Waals surface area contributed by atoms with Gasteiger partial charge < -0.3 is 16.0 Å². The summed E-state index contributed by atoms with van der Waals surface area (Å²) in [5.74, 6) is 0. The number of alkyl halides is 1. The molecule has 2 aromatic heterocycles. The molecule has 2 heterocycles. The smallest absolute Gasteiger partial charge is 0.266 e. The van der Waals surface area contributed by atoms with Crippen LogP contribution in [0.3, 0.4) is 0 Å². The lowest BCUT2D eigenvalue weighted by atomic mass is 9.92. The molecule has 144 valence electrons. The van der Waals surface area contributed by atoms with Crippen LogP contribution < -0.4 is 16.6 Å². The molecule has 0 fully saturated rings. The van der Waals surface area contributed by atoms with E-state index in [0.717, 1.165) is 34.9 Å². The van der Waals surface area contributed by atoms with Crippen LogP contribution in [0.2, 0.25) is 0 Å². The van der Waals surface area contributed by atoms with Gasteiger partial charge in [0.05, 0.1) is 5.52 Å². The highest BCUT2D eigenvalue weighted by Crippen LogP contribution is 2.41. The zero-order valence-electron chi connectivity index (χ0n) is 15.8. The van der Waals surface area contributed by atoms with Crippen LogP contribution in [0.4, 0.5) is 10.1 Å². The van der Waals surface area contributed by atoms with Gasteiger partial charge in [0, 0.05) is 27.6 Å². The van der Waals surface area contributed by atoms with Gasteiger partial charge in [-0.05, 0) is 55.6 Å². The first-order valence-corrected chi connectivity index (χ1v) is 10.1. The van der Waals surface area contributed by atoms with E-state index in [1.54, 1.807) is 6.07 Å². The SMILES string of the molecule is CNCCc1ccc(-c2c(N)cc(C(C)F)c3[nH]c(=O)c4sccc4c23)cc1. The maximum Gasteiger partial charge on any atom is 0.266 e. The number of H-pyrrole nitrogens is 1. The third-order valence-electron chi connectivity index (χ3n) is 5.10. The Labute approximate surface area is 166 Å². The van der Waals surface area contributed by atoms with Crippen LogP contribution in [0.15, 0.2) is 46.6 Å². The molecule has 1 unspecified atom stereocenters. The third-order valence-corrected chi connectivity index (χ3v) is 6.02. The fraction of sp³-hybridized carbons (Fsp3) is 0.227. The molecule has 4 nitrogen and oxygen atoms in total. The van der Waals surface area contributed by atoms with E-state index in [0.29, 0.717) is 21.5 Å². The summed E-state index contributed by atoms with van der Waals surface area (Å²) in [5.41, 5.74) is 10.7. The van der Waals surface area contributed by atoms with E-state index in [1.807, 2.05) is 30.6 Å². The number of halogens is 1. The van der Waals surface area contributed by atoms with Crippen molar-refractivity contribution >= 4 is 38.0 Å². The average molecular weight is 396 g/mol. The molecule has 28 heavy (non-hydrogen) atoms. The highest BCUT2D eigenvalue weighted by atomic mass is 32.1. The van der Waals surface area contributed by atoms with Gasteiger partial charge in [0.2, 0.25) is 0 Å². The summed E-state index contributed by atoms with van der Waals surface area (Å²) in [6.07, 6.45) is -0.303. The molecular weight excluding hydrogens is 373 g/mol. The number of hydrogen-bond donors (Lipinski definition) is 3. The number of likely N-dealkylation sites (N-methyl/N-ethyl adjacent to an activating group) is 1. The van der Waals surface area contributed by atoms with Crippen molar-refractivity contribution in [1.82, 2.24) is 10.3 Å². The van der Waals surface area contributed by atoms with E-state index < -0.39 is 6.17 Å².